The molecule has 3 atom stereocenters. The lowest BCUT2D eigenvalue weighted by atomic mass is 10.2. The molecule has 2 unspecified atom stereocenters. The van der Waals surface area contributed by atoms with Crippen molar-refractivity contribution in [3.8, 4) is 0 Å². The van der Waals surface area contributed by atoms with Crippen LogP contribution < -0.4 is 0 Å². The third-order valence-corrected chi connectivity index (χ3v) is 4.07. The second-order valence-electron chi connectivity index (χ2n) is 5.70. The van der Waals surface area contributed by atoms with Crippen LogP contribution in [0.4, 0.5) is 0 Å². The molecule has 0 heterocycles. The second kappa shape index (κ2) is 6.58. The standard InChI is InChI=1S/C18H20O4/c1-18(21-13-15-10-6-3-7-11-15)16(17(18)22-19)20-12-14-8-4-2-5-9-14/h2-11,16-17,19H,12-13H2,1H3/t16?,17-,18?/m1/s1. The van der Waals surface area contributed by atoms with Crippen LogP contribution in [0, 0.1) is 0 Å². The topological polar surface area (TPSA) is 47.9 Å². The monoisotopic (exact) mass is 300 g/mol. The number of ether oxygens (including phenoxy) is 2. The zero-order valence-electron chi connectivity index (χ0n) is 12.5. The third-order valence-electron chi connectivity index (χ3n) is 4.07. The van der Waals surface area contributed by atoms with E-state index in [1.54, 1.807) is 0 Å². The van der Waals surface area contributed by atoms with Gasteiger partial charge in [-0.1, -0.05) is 60.7 Å². The smallest absolute Gasteiger partial charge is 0.153 e. The fourth-order valence-electron chi connectivity index (χ4n) is 2.57. The normalized spacial score (nSPS) is 26.8. The van der Waals surface area contributed by atoms with Crippen molar-refractivity contribution < 1.29 is 19.6 Å². The van der Waals surface area contributed by atoms with Gasteiger partial charge in [-0.3, -0.25) is 5.26 Å². The van der Waals surface area contributed by atoms with E-state index in [0.29, 0.717) is 13.2 Å². The molecule has 1 fully saturated rings. The van der Waals surface area contributed by atoms with E-state index in [4.69, 9.17) is 14.7 Å². The number of benzene rings is 2. The van der Waals surface area contributed by atoms with Crippen LogP contribution in [0.1, 0.15) is 18.1 Å². The summed E-state index contributed by atoms with van der Waals surface area (Å²) in [6, 6.07) is 19.8. The molecule has 2 aromatic rings. The SMILES string of the molecule is CC1(OCc2ccccc2)C(OCc2ccccc2)[C@H]1OO. The average molecular weight is 300 g/mol. The van der Waals surface area contributed by atoms with Crippen molar-refractivity contribution in [1.29, 1.82) is 0 Å². The van der Waals surface area contributed by atoms with E-state index in [0.717, 1.165) is 11.1 Å². The van der Waals surface area contributed by atoms with Crippen LogP contribution in [0.25, 0.3) is 0 Å². The van der Waals surface area contributed by atoms with E-state index < -0.39 is 11.7 Å². The highest BCUT2D eigenvalue weighted by atomic mass is 17.1. The molecule has 0 bridgehead atoms. The van der Waals surface area contributed by atoms with Crippen molar-refractivity contribution in [2.75, 3.05) is 0 Å². The van der Waals surface area contributed by atoms with Gasteiger partial charge in [-0.2, -0.15) is 0 Å². The number of rotatable bonds is 7. The van der Waals surface area contributed by atoms with Crippen molar-refractivity contribution in [1.82, 2.24) is 0 Å². The van der Waals surface area contributed by atoms with Crippen LogP contribution in [0.15, 0.2) is 60.7 Å². The summed E-state index contributed by atoms with van der Waals surface area (Å²) in [5.41, 5.74) is 1.53. The maximum absolute atomic E-state index is 9.05. The molecular formula is C18H20O4. The molecule has 1 N–H and O–H groups in total. The quantitative estimate of drug-likeness (QED) is 0.629. The molecule has 0 radical (unpaired) electrons. The number of hydrogen-bond acceptors (Lipinski definition) is 4. The van der Waals surface area contributed by atoms with Gasteiger partial charge in [-0.15, -0.1) is 0 Å². The van der Waals surface area contributed by atoms with Crippen molar-refractivity contribution in [2.45, 2.75) is 37.9 Å². The molecule has 0 saturated heterocycles. The lowest BCUT2D eigenvalue weighted by Crippen LogP contribution is -2.18. The summed E-state index contributed by atoms with van der Waals surface area (Å²) in [6.07, 6.45) is -0.735. The molecule has 4 heteroatoms. The van der Waals surface area contributed by atoms with Crippen LogP contribution in [0.5, 0.6) is 0 Å². The molecule has 0 aromatic heterocycles. The Morgan fingerprint density at radius 2 is 1.41 bits per heavy atom. The molecule has 0 aliphatic heterocycles. The van der Waals surface area contributed by atoms with E-state index >= 15 is 0 Å². The second-order valence-corrected chi connectivity index (χ2v) is 5.70. The van der Waals surface area contributed by atoms with Crippen LogP contribution in [0.2, 0.25) is 0 Å². The molecule has 3 rings (SSSR count). The molecule has 1 saturated carbocycles. The maximum Gasteiger partial charge on any atom is 0.153 e. The van der Waals surface area contributed by atoms with Crippen molar-refractivity contribution in [3.05, 3.63) is 71.8 Å². The minimum absolute atomic E-state index is 0.276. The summed E-state index contributed by atoms with van der Waals surface area (Å²) >= 11 is 0. The Bertz CT molecular complexity index is 587. The summed E-state index contributed by atoms with van der Waals surface area (Å²) < 4.78 is 11.8. The zero-order valence-corrected chi connectivity index (χ0v) is 12.5. The summed E-state index contributed by atoms with van der Waals surface area (Å²) in [5, 5.41) is 9.05. The van der Waals surface area contributed by atoms with Gasteiger partial charge in [-0.05, 0) is 18.1 Å². The molecule has 2 aromatic carbocycles. The van der Waals surface area contributed by atoms with Gasteiger partial charge in [0.05, 0.1) is 13.2 Å². The molecule has 0 amide bonds. The van der Waals surface area contributed by atoms with Gasteiger partial charge >= 0.3 is 0 Å². The fourth-order valence-corrected chi connectivity index (χ4v) is 2.57. The molecular weight excluding hydrogens is 280 g/mol. The molecule has 116 valence electrons. The highest BCUT2D eigenvalue weighted by molar-refractivity contribution is 5.19. The Morgan fingerprint density at radius 1 is 0.864 bits per heavy atom. The van der Waals surface area contributed by atoms with E-state index in [9.17, 15) is 0 Å². The van der Waals surface area contributed by atoms with Crippen LogP contribution in [0.3, 0.4) is 0 Å². The molecule has 0 spiro atoms. The van der Waals surface area contributed by atoms with Gasteiger partial charge in [0, 0.05) is 0 Å². The number of hydrogen-bond donors (Lipinski definition) is 1. The lowest BCUT2D eigenvalue weighted by molar-refractivity contribution is -0.270. The third kappa shape index (κ3) is 3.20. The van der Waals surface area contributed by atoms with Gasteiger partial charge in [0.15, 0.2) is 6.10 Å². The first-order valence-electron chi connectivity index (χ1n) is 7.37. The Morgan fingerprint density at radius 3 is 1.95 bits per heavy atom. The summed E-state index contributed by atoms with van der Waals surface area (Å²) in [6.45, 7) is 2.82. The fraction of sp³-hybridized carbons (Fsp3) is 0.333. The summed E-state index contributed by atoms with van der Waals surface area (Å²) in [7, 11) is 0. The first kappa shape index (κ1) is 15.2. The van der Waals surface area contributed by atoms with Gasteiger partial charge < -0.3 is 9.47 Å². The van der Waals surface area contributed by atoms with E-state index in [-0.39, 0.29) is 6.10 Å². The molecule has 1 aliphatic rings. The van der Waals surface area contributed by atoms with Crippen molar-refractivity contribution in [2.24, 2.45) is 0 Å². The van der Waals surface area contributed by atoms with E-state index in [2.05, 4.69) is 4.89 Å². The van der Waals surface area contributed by atoms with E-state index in [1.165, 1.54) is 0 Å². The highest BCUT2D eigenvalue weighted by Crippen LogP contribution is 2.45. The van der Waals surface area contributed by atoms with Crippen LogP contribution in [-0.2, 0) is 27.6 Å². The molecule has 4 nitrogen and oxygen atoms in total. The van der Waals surface area contributed by atoms with Crippen LogP contribution in [-0.4, -0.2) is 23.1 Å². The van der Waals surface area contributed by atoms with Gasteiger partial charge in [0.1, 0.15) is 11.7 Å². The Labute approximate surface area is 130 Å². The Hall–Kier alpha value is -1.72. The summed E-state index contributed by atoms with van der Waals surface area (Å²) in [4.78, 5) is 4.52. The first-order chi connectivity index (χ1) is 10.7. The van der Waals surface area contributed by atoms with Gasteiger partial charge in [0.2, 0.25) is 0 Å². The van der Waals surface area contributed by atoms with Crippen molar-refractivity contribution in [3.63, 3.8) is 0 Å². The van der Waals surface area contributed by atoms with Gasteiger partial charge in [0.25, 0.3) is 0 Å². The first-order valence-corrected chi connectivity index (χ1v) is 7.37. The van der Waals surface area contributed by atoms with E-state index in [1.807, 2.05) is 67.6 Å². The predicted octanol–water partition coefficient (Wildman–Crippen LogP) is 3.42. The predicted molar refractivity (Wildman–Crippen MR) is 82.2 cm³/mol. The molecule has 22 heavy (non-hydrogen) atoms. The summed E-state index contributed by atoms with van der Waals surface area (Å²) in [5.74, 6) is 0. The Balaban J connectivity index is 1.55. The average Bonchev–Trinajstić information content (AvgIpc) is 3.16. The lowest BCUT2D eigenvalue weighted by Gasteiger charge is -2.13. The zero-order chi connectivity index (χ0) is 15.4. The Kier molecular flexibility index (Phi) is 4.55. The largest absolute Gasteiger partial charge is 0.367 e. The van der Waals surface area contributed by atoms with Crippen LogP contribution >= 0.6 is 0 Å². The maximum atomic E-state index is 9.05. The minimum atomic E-state index is -0.626. The van der Waals surface area contributed by atoms with Gasteiger partial charge in [-0.25, -0.2) is 4.89 Å². The highest BCUT2D eigenvalue weighted by Gasteiger charge is 2.66. The minimum Gasteiger partial charge on any atom is -0.367 e. The van der Waals surface area contributed by atoms with Crippen molar-refractivity contribution >= 4 is 0 Å². The molecule has 1 aliphatic carbocycles.